The Balaban J connectivity index is 2.00. The molecular formula is C18H29N3O2. The molecule has 0 unspecified atom stereocenters. The maximum atomic E-state index is 5.73. The number of nitrogens with zero attached hydrogens (tertiary/aromatic N) is 2. The van der Waals surface area contributed by atoms with Crippen LogP contribution in [0.15, 0.2) is 29.3 Å². The van der Waals surface area contributed by atoms with Crippen LogP contribution in [0.1, 0.15) is 32.3 Å². The van der Waals surface area contributed by atoms with Gasteiger partial charge in [0.1, 0.15) is 5.75 Å². The van der Waals surface area contributed by atoms with Gasteiger partial charge in [-0.25, -0.2) is 4.99 Å². The minimum absolute atomic E-state index is 0.397. The molecule has 0 radical (unpaired) electrons. The van der Waals surface area contributed by atoms with Gasteiger partial charge < -0.3 is 19.7 Å². The van der Waals surface area contributed by atoms with Crippen LogP contribution < -0.4 is 10.1 Å². The molecule has 23 heavy (non-hydrogen) atoms. The summed E-state index contributed by atoms with van der Waals surface area (Å²) in [6, 6.07) is 8.04. The summed E-state index contributed by atoms with van der Waals surface area (Å²) in [6.45, 7) is 8.43. The van der Waals surface area contributed by atoms with E-state index in [-0.39, 0.29) is 0 Å². The van der Waals surface area contributed by atoms with Gasteiger partial charge in [0.15, 0.2) is 5.96 Å². The van der Waals surface area contributed by atoms with E-state index in [0.29, 0.717) is 12.6 Å². The van der Waals surface area contributed by atoms with E-state index in [1.54, 1.807) is 7.11 Å². The molecule has 1 aromatic rings. The molecule has 5 nitrogen and oxygen atoms in total. The summed E-state index contributed by atoms with van der Waals surface area (Å²) in [6.07, 6.45) is 2.52. The molecule has 128 valence electrons. The van der Waals surface area contributed by atoms with Crippen LogP contribution in [-0.2, 0) is 11.3 Å². The first-order chi connectivity index (χ1) is 11.3. The number of methoxy groups -OCH3 is 1. The Kier molecular flexibility index (Phi) is 7.20. The highest BCUT2D eigenvalue weighted by Gasteiger charge is 2.21. The van der Waals surface area contributed by atoms with Crippen LogP contribution >= 0.6 is 0 Å². The van der Waals surface area contributed by atoms with Crippen LogP contribution in [0.4, 0.5) is 0 Å². The summed E-state index contributed by atoms with van der Waals surface area (Å²) >= 11 is 0. The number of likely N-dealkylation sites (tertiary alicyclic amines) is 1. The van der Waals surface area contributed by atoms with Gasteiger partial charge in [-0.2, -0.15) is 0 Å². The van der Waals surface area contributed by atoms with Gasteiger partial charge in [-0.05, 0) is 32.8 Å². The molecule has 1 N–H and O–H groups in total. The average molecular weight is 319 g/mol. The highest BCUT2D eigenvalue weighted by atomic mass is 16.5. The van der Waals surface area contributed by atoms with E-state index in [0.717, 1.165) is 56.4 Å². The number of hydrogen-bond acceptors (Lipinski definition) is 3. The lowest BCUT2D eigenvalue weighted by molar-refractivity contribution is 0.0263. The van der Waals surface area contributed by atoms with Gasteiger partial charge in [0.25, 0.3) is 0 Å². The van der Waals surface area contributed by atoms with Gasteiger partial charge >= 0.3 is 0 Å². The Labute approximate surface area is 139 Å². The Morgan fingerprint density at radius 1 is 1.26 bits per heavy atom. The largest absolute Gasteiger partial charge is 0.496 e. The van der Waals surface area contributed by atoms with Gasteiger partial charge in [-0.15, -0.1) is 0 Å². The Morgan fingerprint density at radius 2 is 2.00 bits per heavy atom. The van der Waals surface area contributed by atoms with E-state index in [2.05, 4.69) is 30.1 Å². The van der Waals surface area contributed by atoms with Crippen molar-refractivity contribution in [2.75, 3.05) is 33.4 Å². The fourth-order valence-corrected chi connectivity index (χ4v) is 2.89. The molecule has 0 atom stereocenters. The summed E-state index contributed by atoms with van der Waals surface area (Å²) in [5.41, 5.74) is 1.11. The maximum absolute atomic E-state index is 5.73. The second-order valence-corrected chi connectivity index (χ2v) is 5.62. The molecule has 1 aliphatic rings. The zero-order chi connectivity index (χ0) is 16.5. The summed E-state index contributed by atoms with van der Waals surface area (Å²) in [5, 5.41) is 3.40. The lowest BCUT2D eigenvalue weighted by Gasteiger charge is -2.34. The maximum Gasteiger partial charge on any atom is 0.194 e. The summed E-state index contributed by atoms with van der Waals surface area (Å²) in [4.78, 5) is 7.13. The molecule has 1 aromatic carbocycles. The second-order valence-electron chi connectivity index (χ2n) is 5.62. The number of hydrogen-bond donors (Lipinski definition) is 1. The normalized spacial score (nSPS) is 16.5. The number of guanidine groups is 1. The van der Waals surface area contributed by atoms with E-state index < -0.39 is 0 Å². The third-order valence-electron chi connectivity index (χ3n) is 4.07. The van der Waals surface area contributed by atoms with E-state index in [4.69, 9.17) is 14.5 Å². The van der Waals surface area contributed by atoms with E-state index in [1.807, 2.05) is 18.2 Å². The molecule has 0 spiro atoms. The first-order valence-electron chi connectivity index (χ1n) is 8.55. The molecular weight excluding hydrogens is 290 g/mol. The lowest BCUT2D eigenvalue weighted by atomic mass is 10.1. The molecule has 1 saturated heterocycles. The van der Waals surface area contributed by atoms with Gasteiger partial charge in [0.05, 0.1) is 19.8 Å². The number of para-hydroxylation sites is 1. The summed E-state index contributed by atoms with van der Waals surface area (Å²) in [5.74, 6) is 1.87. The fourth-order valence-electron chi connectivity index (χ4n) is 2.89. The van der Waals surface area contributed by atoms with E-state index in [9.17, 15) is 0 Å². The smallest absolute Gasteiger partial charge is 0.194 e. The molecule has 1 heterocycles. The van der Waals surface area contributed by atoms with E-state index in [1.165, 1.54) is 0 Å². The standard InChI is InChI=1S/C18H29N3O2/c1-4-19-18(21-12-10-16(11-13-21)23-5-2)20-14-15-8-6-7-9-17(15)22-3/h6-9,16H,4-5,10-14H2,1-3H3,(H,19,20). The predicted octanol–water partition coefficient (Wildman–Crippen LogP) is 2.66. The molecule has 2 rings (SSSR count). The zero-order valence-electron chi connectivity index (χ0n) is 14.5. The van der Waals surface area contributed by atoms with Crippen LogP contribution in [0.25, 0.3) is 0 Å². The lowest BCUT2D eigenvalue weighted by Crippen LogP contribution is -2.47. The molecule has 0 amide bonds. The topological polar surface area (TPSA) is 46.1 Å². The first kappa shape index (κ1) is 17.6. The fraction of sp³-hybridized carbons (Fsp3) is 0.611. The Morgan fingerprint density at radius 3 is 2.65 bits per heavy atom. The average Bonchev–Trinajstić information content (AvgIpc) is 2.60. The monoisotopic (exact) mass is 319 g/mol. The van der Waals surface area contributed by atoms with Crippen molar-refractivity contribution in [3.05, 3.63) is 29.8 Å². The third kappa shape index (κ3) is 5.13. The molecule has 5 heteroatoms. The number of nitrogens with one attached hydrogen (secondary N) is 1. The first-order valence-corrected chi connectivity index (χ1v) is 8.55. The van der Waals surface area contributed by atoms with Crippen LogP contribution in [0, 0.1) is 0 Å². The molecule has 1 aliphatic heterocycles. The van der Waals surface area contributed by atoms with Crippen LogP contribution in [0.5, 0.6) is 5.75 Å². The Hall–Kier alpha value is -1.75. The summed E-state index contributed by atoms with van der Waals surface area (Å²) in [7, 11) is 1.70. The second kappa shape index (κ2) is 9.40. The molecule has 0 aliphatic carbocycles. The number of rotatable bonds is 6. The SMILES string of the molecule is CCNC(=NCc1ccccc1OC)N1CCC(OCC)CC1. The van der Waals surface area contributed by atoms with Gasteiger partial charge in [-0.1, -0.05) is 18.2 Å². The third-order valence-corrected chi connectivity index (χ3v) is 4.07. The number of aliphatic imine (C=N–C) groups is 1. The van der Waals surface area contributed by atoms with Crippen molar-refractivity contribution in [2.24, 2.45) is 4.99 Å². The molecule has 0 bridgehead atoms. The van der Waals surface area contributed by atoms with Crippen molar-refractivity contribution in [2.45, 2.75) is 39.3 Å². The van der Waals surface area contributed by atoms with E-state index >= 15 is 0 Å². The molecule has 0 aromatic heterocycles. The van der Waals surface area contributed by atoms with Crippen LogP contribution in [0.2, 0.25) is 0 Å². The van der Waals surface area contributed by atoms with Crippen molar-refractivity contribution >= 4 is 5.96 Å². The van der Waals surface area contributed by atoms with Crippen molar-refractivity contribution < 1.29 is 9.47 Å². The van der Waals surface area contributed by atoms with Crippen LogP contribution in [-0.4, -0.2) is 50.3 Å². The van der Waals surface area contributed by atoms with Gasteiger partial charge in [-0.3, -0.25) is 0 Å². The highest BCUT2D eigenvalue weighted by Crippen LogP contribution is 2.19. The van der Waals surface area contributed by atoms with Crippen molar-refractivity contribution in [3.63, 3.8) is 0 Å². The Bertz CT molecular complexity index is 497. The summed E-state index contributed by atoms with van der Waals surface area (Å²) < 4.78 is 11.1. The number of ether oxygens (including phenoxy) is 2. The zero-order valence-corrected chi connectivity index (χ0v) is 14.5. The van der Waals surface area contributed by atoms with Crippen molar-refractivity contribution in [1.29, 1.82) is 0 Å². The van der Waals surface area contributed by atoms with Gasteiger partial charge in [0.2, 0.25) is 0 Å². The number of benzene rings is 1. The highest BCUT2D eigenvalue weighted by molar-refractivity contribution is 5.80. The van der Waals surface area contributed by atoms with Crippen LogP contribution in [0.3, 0.4) is 0 Å². The van der Waals surface area contributed by atoms with Crippen molar-refractivity contribution in [1.82, 2.24) is 10.2 Å². The quantitative estimate of drug-likeness (QED) is 0.647. The minimum atomic E-state index is 0.397. The van der Waals surface area contributed by atoms with Crippen molar-refractivity contribution in [3.8, 4) is 5.75 Å². The number of piperidine rings is 1. The minimum Gasteiger partial charge on any atom is -0.496 e. The molecule has 0 saturated carbocycles. The predicted molar refractivity (Wildman–Crippen MR) is 94.0 cm³/mol. The van der Waals surface area contributed by atoms with Gasteiger partial charge in [0, 0.05) is 31.8 Å². The molecule has 1 fully saturated rings.